The topological polar surface area (TPSA) is 17.3 Å². The lowest BCUT2D eigenvalue weighted by atomic mass is 10.1. The van der Waals surface area contributed by atoms with Crippen LogP contribution in [0, 0.1) is 13.8 Å². The average Bonchev–Trinajstić information content (AvgIpc) is 2.75. The fraction of sp³-hybridized carbons (Fsp3) is 0.167. The number of pyridine rings is 1. The molecule has 0 N–H and O–H groups in total. The molecule has 0 saturated heterocycles. The van der Waals surface area contributed by atoms with E-state index in [0.717, 1.165) is 11.3 Å². The Hall–Kier alpha value is -2.35. The third kappa shape index (κ3) is 2.14. The van der Waals surface area contributed by atoms with E-state index >= 15 is 0 Å². The zero-order valence-electron chi connectivity index (χ0n) is 12.1. The van der Waals surface area contributed by atoms with E-state index in [2.05, 4.69) is 73.8 Å². The van der Waals surface area contributed by atoms with Gasteiger partial charge in [-0.2, -0.15) is 0 Å². The van der Waals surface area contributed by atoms with E-state index in [1.165, 1.54) is 22.4 Å². The number of benzene rings is 1. The van der Waals surface area contributed by atoms with Crippen LogP contribution in [-0.2, 0) is 0 Å². The Morgan fingerprint density at radius 1 is 1.05 bits per heavy atom. The van der Waals surface area contributed by atoms with Gasteiger partial charge in [-0.25, -0.2) is 4.98 Å². The van der Waals surface area contributed by atoms with Crippen LogP contribution in [0.5, 0.6) is 0 Å². The lowest BCUT2D eigenvalue weighted by Crippen LogP contribution is -1.91. The van der Waals surface area contributed by atoms with E-state index < -0.39 is 0 Å². The third-order valence-electron chi connectivity index (χ3n) is 3.73. The second-order valence-corrected chi connectivity index (χ2v) is 5.14. The van der Waals surface area contributed by atoms with Gasteiger partial charge < -0.3 is 4.40 Å². The van der Waals surface area contributed by atoms with Crippen molar-refractivity contribution in [2.45, 2.75) is 20.8 Å². The Morgan fingerprint density at radius 2 is 1.80 bits per heavy atom. The first kappa shape index (κ1) is 12.7. The number of hydrogen-bond acceptors (Lipinski definition) is 1. The molecule has 100 valence electrons. The molecule has 0 fully saturated rings. The fourth-order valence-corrected chi connectivity index (χ4v) is 2.48. The van der Waals surface area contributed by atoms with Crippen LogP contribution in [0.15, 0.2) is 48.7 Å². The summed E-state index contributed by atoms with van der Waals surface area (Å²) in [6, 6.07) is 14.6. The van der Waals surface area contributed by atoms with Gasteiger partial charge in [-0.3, -0.25) is 0 Å². The molecule has 0 amide bonds. The van der Waals surface area contributed by atoms with Gasteiger partial charge in [0.2, 0.25) is 0 Å². The van der Waals surface area contributed by atoms with Crippen molar-refractivity contribution in [2.75, 3.05) is 0 Å². The van der Waals surface area contributed by atoms with E-state index in [4.69, 9.17) is 4.98 Å². The second kappa shape index (κ2) is 4.97. The molecule has 1 aromatic carbocycles. The number of imidazole rings is 1. The highest BCUT2D eigenvalue weighted by Crippen LogP contribution is 2.23. The molecule has 0 atom stereocenters. The fourth-order valence-electron chi connectivity index (χ4n) is 2.48. The first-order valence-corrected chi connectivity index (χ1v) is 6.85. The summed E-state index contributed by atoms with van der Waals surface area (Å²) < 4.78 is 2.16. The van der Waals surface area contributed by atoms with Gasteiger partial charge in [0.15, 0.2) is 0 Å². The number of fused-ring (bicyclic) bond motifs is 1. The minimum atomic E-state index is 1.03. The van der Waals surface area contributed by atoms with Gasteiger partial charge in [-0.05, 0) is 44.0 Å². The molecule has 2 aromatic heterocycles. The predicted octanol–water partition coefficient (Wildman–Crippen LogP) is 4.51. The van der Waals surface area contributed by atoms with Gasteiger partial charge in [-0.15, -0.1) is 0 Å². The van der Waals surface area contributed by atoms with Crippen LogP contribution in [0.1, 0.15) is 29.4 Å². The summed E-state index contributed by atoms with van der Waals surface area (Å²) in [6.45, 7) is 6.30. The third-order valence-corrected chi connectivity index (χ3v) is 3.73. The van der Waals surface area contributed by atoms with Crippen molar-refractivity contribution in [1.29, 1.82) is 0 Å². The molecule has 0 radical (unpaired) electrons. The smallest absolute Gasteiger partial charge is 0.144 e. The number of rotatable bonds is 2. The molecule has 0 aliphatic heterocycles. The van der Waals surface area contributed by atoms with E-state index in [-0.39, 0.29) is 0 Å². The monoisotopic (exact) mass is 262 g/mol. The highest BCUT2D eigenvalue weighted by Gasteiger charge is 2.09. The maximum Gasteiger partial charge on any atom is 0.144 e. The largest absolute Gasteiger partial charge is 0.304 e. The van der Waals surface area contributed by atoms with Crippen molar-refractivity contribution >= 4 is 17.3 Å². The van der Waals surface area contributed by atoms with Gasteiger partial charge in [0.25, 0.3) is 0 Å². The number of aryl methyl sites for hydroxylation is 2. The maximum absolute atomic E-state index is 4.70. The highest BCUT2D eigenvalue weighted by atomic mass is 15.0. The Morgan fingerprint density at radius 3 is 2.55 bits per heavy atom. The normalized spacial score (nSPS) is 12.1. The lowest BCUT2D eigenvalue weighted by Gasteiger charge is -2.05. The number of hydrogen-bond donors (Lipinski definition) is 0. The lowest BCUT2D eigenvalue weighted by molar-refractivity contribution is 1.09. The molecule has 2 nitrogen and oxygen atoms in total. The summed E-state index contributed by atoms with van der Waals surface area (Å²) in [5, 5.41) is 0. The molecule has 3 aromatic rings. The van der Waals surface area contributed by atoms with Crippen molar-refractivity contribution in [3.8, 4) is 0 Å². The second-order valence-electron chi connectivity index (χ2n) is 5.14. The molecular formula is C18H18N2. The Labute approximate surface area is 119 Å². The summed E-state index contributed by atoms with van der Waals surface area (Å²) in [5.74, 6) is 0. The molecule has 0 bridgehead atoms. The Balaban J connectivity index is 2.15. The predicted molar refractivity (Wildman–Crippen MR) is 84.7 cm³/mol. The van der Waals surface area contributed by atoms with Gasteiger partial charge >= 0.3 is 0 Å². The summed E-state index contributed by atoms with van der Waals surface area (Å²) in [6.07, 6.45) is 4.28. The minimum absolute atomic E-state index is 1.03. The molecule has 0 aliphatic rings. The maximum atomic E-state index is 4.70. The number of nitrogens with zero attached hydrogens (tertiary/aromatic N) is 2. The molecule has 0 unspecified atom stereocenters. The molecule has 2 heterocycles. The van der Waals surface area contributed by atoms with Crippen LogP contribution in [0.25, 0.3) is 17.3 Å². The zero-order valence-corrected chi connectivity index (χ0v) is 12.1. The van der Waals surface area contributed by atoms with Crippen LogP contribution in [0.3, 0.4) is 0 Å². The first-order chi connectivity index (χ1) is 9.66. The van der Waals surface area contributed by atoms with Crippen molar-refractivity contribution in [3.05, 3.63) is 71.2 Å². The first-order valence-electron chi connectivity index (χ1n) is 6.85. The van der Waals surface area contributed by atoms with Crippen molar-refractivity contribution < 1.29 is 0 Å². The molecule has 2 heteroatoms. The average molecular weight is 262 g/mol. The highest BCUT2D eigenvalue weighted by molar-refractivity contribution is 5.85. The Kier molecular flexibility index (Phi) is 3.15. The van der Waals surface area contributed by atoms with Crippen molar-refractivity contribution in [2.24, 2.45) is 0 Å². The molecule has 3 rings (SSSR count). The molecule has 20 heavy (non-hydrogen) atoms. The molecule has 0 saturated carbocycles. The van der Waals surface area contributed by atoms with E-state index in [0.29, 0.717) is 0 Å². The van der Waals surface area contributed by atoms with Crippen LogP contribution >= 0.6 is 0 Å². The minimum Gasteiger partial charge on any atom is -0.304 e. The van der Waals surface area contributed by atoms with Gasteiger partial charge in [0, 0.05) is 17.5 Å². The van der Waals surface area contributed by atoms with E-state index in [1.807, 2.05) is 6.07 Å². The van der Waals surface area contributed by atoms with Gasteiger partial charge in [-0.1, -0.05) is 36.4 Å². The number of allylic oxidation sites excluding steroid dienone is 1. The SMILES string of the molecule is C/C(=C\c1ccccc1)c1cccn2c(C)c(C)nc12. The van der Waals surface area contributed by atoms with E-state index in [1.54, 1.807) is 0 Å². The van der Waals surface area contributed by atoms with Crippen LogP contribution in [-0.4, -0.2) is 9.38 Å². The van der Waals surface area contributed by atoms with Crippen LogP contribution in [0.4, 0.5) is 0 Å². The van der Waals surface area contributed by atoms with Gasteiger partial charge in [0.05, 0.1) is 5.69 Å². The summed E-state index contributed by atoms with van der Waals surface area (Å²) in [4.78, 5) is 4.70. The standard InChI is InChI=1S/C18H18N2/c1-13(12-16-8-5-4-6-9-16)17-10-7-11-20-15(3)14(2)19-18(17)20/h4-12H,1-3H3/b13-12+. The summed E-state index contributed by atoms with van der Waals surface area (Å²) in [5.41, 5.74) is 6.96. The summed E-state index contributed by atoms with van der Waals surface area (Å²) >= 11 is 0. The molecule has 0 spiro atoms. The van der Waals surface area contributed by atoms with E-state index in [9.17, 15) is 0 Å². The van der Waals surface area contributed by atoms with Crippen molar-refractivity contribution in [1.82, 2.24) is 9.38 Å². The van der Waals surface area contributed by atoms with Gasteiger partial charge in [0.1, 0.15) is 5.65 Å². The molecular weight excluding hydrogens is 244 g/mol. The van der Waals surface area contributed by atoms with Crippen molar-refractivity contribution in [3.63, 3.8) is 0 Å². The molecule has 0 aliphatic carbocycles. The van der Waals surface area contributed by atoms with Crippen LogP contribution < -0.4 is 0 Å². The quantitative estimate of drug-likeness (QED) is 0.664. The van der Waals surface area contributed by atoms with Crippen LogP contribution in [0.2, 0.25) is 0 Å². The zero-order chi connectivity index (χ0) is 14.1. The summed E-state index contributed by atoms with van der Waals surface area (Å²) in [7, 11) is 0. The Bertz CT molecular complexity index is 780. The number of aromatic nitrogens is 2.